The van der Waals surface area contributed by atoms with Crippen LogP contribution in [0.15, 0.2) is 12.2 Å². The molecule has 0 aliphatic carbocycles. The highest BCUT2D eigenvalue weighted by Crippen LogP contribution is 2.13. The van der Waals surface area contributed by atoms with E-state index < -0.39 is 17.9 Å². The Morgan fingerprint density at radius 2 is 2.20 bits per heavy atom. The van der Waals surface area contributed by atoms with Gasteiger partial charge in [-0.15, -0.1) is 0 Å². The van der Waals surface area contributed by atoms with E-state index in [-0.39, 0.29) is 12.5 Å². The highest BCUT2D eigenvalue weighted by Gasteiger charge is 2.36. The summed E-state index contributed by atoms with van der Waals surface area (Å²) in [6, 6.07) is -1.27. The number of likely N-dealkylation sites (N-methyl/N-ethyl adjacent to an activating group) is 1. The largest absolute Gasteiger partial charge is 0.481 e. The van der Waals surface area contributed by atoms with Crippen molar-refractivity contribution >= 4 is 17.9 Å². The number of hydrogen-bond acceptors (Lipinski definition) is 3. The van der Waals surface area contributed by atoms with Crippen molar-refractivity contribution in [2.75, 3.05) is 26.2 Å². The molecule has 0 spiro atoms. The Labute approximate surface area is 118 Å². The van der Waals surface area contributed by atoms with Gasteiger partial charge in [0.2, 0.25) is 5.91 Å². The van der Waals surface area contributed by atoms with Gasteiger partial charge in [0.1, 0.15) is 6.04 Å². The third kappa shape index (κ3) is 3.97. The van der Waals surface area contributed by atoms with Crippen LogP contribution in [0.1, 0.15) is 20.3 Å². The summed E-state index contributed by atoms with van der Waals surface area (Å²) < 4.78 is 0. The molecule has 3 amide bonds. The lowest BCUT2D eigenvalue weighted by atomic mass is 10.1. The zero-order valence-corrected chi connectivity index (χ0v) is 11.9. The number of carbonyl (C=O) groups excluding carboxylic acids is 2. The molecule has 0 radical (unpaired) electrons. The number of aliphatic carboxylic acids is 1. The average molecular weight is 283 g/mol. The number of urea groups is 1. The molecule has 1 atom stereocenters. The van der Waals surface area contributed by atoms with Gasteiger partial charge >= 0.3 is 12.0 Å². The molecule has 1 aliphatic heterocycles. The fourth-order valence-electron chi connectivity index (χ4n) is 2.13. The first-order valence-corrected chi connectivity index (χ1v) is 6.56. The fraction of sp³-hybridized carbons (Fsp3) is 0.615. The molecule has 0 saturated carbocycles. The van der Waals surface area contributed by atoms with Crippen LogP contribution in [0, 0.1) is 0 Å². The van der Waals surface area contributed by atoms with Crippen molar-refractivity contribution in [1.29, 1.82) is 0 Å². The van der Waals surface area contributed by atoms with Crippen molar-refractivity contribution in [1.82, 2.24) is 15.1 Å². The topological polar surface area (TPSA) is 90.0 Å². The quantitative estimate of drug-likeness (QED) is 0.709. The molecule has 20 heavy (non-hydrogen) atoms. The Morgan fingerprint density at radius 1 is 1.55 bits per heavy atom. The van der Waals surface area contributed by atoms with Crippen LogP contribution < -0.4 is 5.32 Å². The second-order valence-corrected chi connectivity index (χ2v) is 4.85. The van der Waals surface area contributed by atoms with Crippen LogP contribution in [0.5, 0.6) is 0 Å². The van der Waals surface area contributed by atoms with Gasteiger partial charge in [-0.3, -0.25) is 9.59 Å². The van der Waals surface area contributed by atoms with E-state index in [0.717, 1.165) is 5.57 Å². The number of nitrogens with one attached hydrogen (secondary N) is 1. The van der Waals surface area contributed by atoms with Crippen molar-refractivity contribution < 1.29 is 19.5 Å². The van der Waals surface area contributed by atoms with E-state index >= 15 is 0 Å². The van der Waals surface area contributed by atoms with Crippen molar-refractivity contribution in [2.24, 2.45) is 0 Å². The van der Waals surface area contributed by atoms with Crippen molar-refractivity contribution in [3.8, 4) is 0 Å². The molecule has 0 aromatic rings. The van der Waals surface area contributed by atoms with Crippen LogP contribution in [-0.4, -0.2) is 65.0 Å². The molecule has 112 valence electrons. The van der Waals surface area contributed by atoms with E-state index in [1.54, 1.807) is 4.90 Å². The summed E-state index contributed by atoms with van der Waals surface area (Å²) in [6.45, 7) is 8.94. The van der Waals surface area contributed by atoms with Gasteiger partial charge < -0.3 is 20.2 Å². The van der Waals surface area contributed by atoms with Crippen LogP contribution in [0.3, 0.4) is 0 Å². The third-order valence-electron chi connectivity index (χ3n) is 3.06. The van der Waals surface area contributed by atoms with Gasteiger partial charge in [0.25, 0.3) is 0 Å². The normalized spacial score (nSPS) is 18.4. The summed E-state index contributed by atoms with van der Waals surface area (Å²) in [4.78, 5) is 38.0. The predicted molar refractivity (Wildman–Crippen MR) is 73.2 cm³/mol. The number of nitrogens with zero attached hydrogens (tertiary/aromatic N) is 2. The molecule has 1 aliphatic rings. The molecule has 1 fully saturated rings. The Morgan fingerprint density at radius 3 is 2.70 bits per heavy atom. The van der Waals surface area contributed by atoms with Crippen LogP contribution in [-0.2, 0) is 9.59 Å². The number of carbonyl (C=O) groups is 3. The zero-order valence-electron chi connectivity index (χ0n) is 11.9. The average Bonchev–Trinajstić information content (AvgIpc) is 2.37. The number of carboxylic acid groups (broad SMARTS) is 1. The monoisotopic (exact) mass is 283 g/mol. The smallest absolute Gasteiger partial charge is 0.321 e. The van der Waals surface area contributed by atoms with Crippen LogP contribution >= 0.6 is 0 Å². The van der Waals surface area contributed by atoms with E-state index in [0.29, 0.717) is 26.2 Å². The van der Waals surface area contributed by atoms with E-state index in [9.17, 15) is 14.4 Å². The van der Waals surface area contributed by atoms with Crippen molar-refractivity contribution in [2.45, 2.75) is 26.3 Å². The van der Waals surface area contributed by atoms with Crippen LogP contribution in [0.2, 0.25) is 0 Å². The van der Waals surface area contributed by atoms with Gasteiger partial charge in [-0.1, -0.05) is 12.2 Å². The number of rotatable bonds is 5. The summed E-state index contributed by atoms with van der Waals surface area (Å²) in [7, 11) is 0. The first-order valence-electron chi connectivity index (χ1n) is 6.56. The number of hydrogen-bond donors (Lipinski definition) is 2. The molecule has 1 heterocycles. The number of piperazine rings is 1. The number of carboxylic acids is 1. The first-order chi connectivity index (χ1) is 9.36. The molecule has 0 aromatic heterocycles. The molecule has 0 aromatic carbocycles. The van der Waals surface area contributed by atoms with Gasteiger partial charge in [-0.2, -0.15) is 0 Å². The van der Waals surface area contributed by atoms with Gasteiger partial charge in [-0.25, -0.2) is 4.79 Å². The SMILES string of the molecule is C=C(C)CN(CC)C(=O)N1CCNC(=O)C1CC(=O)O. The predicted octanol–water partition coefficient (Wildman–Crippen LogP) is 0.280. The van der Waals surface area contributed by atoms with Crippen molar-refractivity contribution in [3.63, 3.8) is 0 Å². The molecule has 1 unspecified atom stereocenters. The maximum Gasteiger partial charge on any atom is 0.321 e. The van der Waals surface area contributed by atoms with E-state index in [1.807, 2.05) is 13.8 Å². The lowest BCUT2D eigenvalue weighted by Gasteiger charge is -2.37. The summed E-state index contributed by atoms with van der Waals surface area (Å²) in [5, 5.41) is 11.5. The Hall–Kier alpha value is -2.05. The summed E-state index contributed by atoms with van der Waals surface area (Å²) in [5.41, 5.74) is 0.830. The first kappa shape index (κ1) is 16.0. The van der Waals surface area contributed by atoms with E-state index in [1.165, 1.54) is 4.90 Å². The zero-order chi connectivity index (χ0) is 15.3. The summed E-state index contributed by atoms with van der Waals surface area (Å²) >= 11 is 0. The third-order valence-corrected chi connectivity index (χ3v) is 3.06. The maximum absolute atomic E-state index is 12.4. The molecule has 7 heteroatoms. The summed E-state index contributed by atoms with van der Waals surface area (Å²) in [6.07, 6.45) is -0.387. The van der Waals surface area contributed by atoms with Crippen LogP contribution in [0.25, 0.3) is 0 Å². The van der Waals surface area contributed by atoms with Gasteiger partial charge in [0.15, 0.2) is 0 Å². The molecule has 1 saturated heterocycles. The standard InChI is InChI=1S/C13H21N3O4/c1-4-15(8-9(2)3)13(20)16-6-5-14-12(19)10(16)7-11(17)18/h10H,2,4-8H2,1,3H3,(H,14,19)(H,17,18). The Kier molecular flexibility index (Phi) is 5.54. The highest BCUT2D eigenvalue weighted by molar-refractivity contribution is 5.91. The van der Waals surface area contributed by atoms with Gasteiger partial charge in [0.05, 0.1) is 6.42 Å². The minimum Gasteiger partial charge on any atom is -0.481 e. The molecular formula is C13H21N3O4. The van der Waals surface area contributed by atoms with Gasteiger partial charge in [-0.05, 0) is 13.8 Å². The summed E-state index contributed by atoms with van der Waals surface area (Å²) in [5.74, 6) is -1.52. The molecule has 1 rings (SSSR count). The maximum atomic E-state index is 12.4. The van der Waals surface area contributed by atoms with Crippen molar-refractivity contribution in [3.05, 3.63) is 12.2 Å². The fourth-order valence-corrected chi connectivity index (χ4v) is 2.13. The van der Waals surface area contributed by atoms with E-state index in [4.69, 9.17) is 5.11 Å². The number of amides is 3. The molecular weight excluding hydrogens is 262 g/mol. The second-order valence-electron chi connectivity index (χ2n) is 4.85. The van der Waals surface area contributed by atoms with Crippen LogP contribution in [0.4, 0.5) is 4.79 Å². The molecule has 0 bridgehead atoms. The molecule has 2 N–H and O–H groups in total. The van der Waals surface area contributed by atoms with E-state index in [2.05, 4.69) is 11.9 Å². The Bertz CT molecular complexity index is 422. The minimum absolute atomic E-state index is 0.315. The minimum atomic E-state index is -1.10. The lowest BCUT2D eigenvalue weighted by Crippen LogP contribution is -2.60. The lowest BCUT2D eigenvalue weighted by molar-refractivity contribution is -0.142. The second kappa shape index (κ2) is 6.93. The Balaban J connectivity index is 2.87. The molecule has 7 nitrogen and oxygen atoms in total. The highest BCUT2D eigenvalue weighted by atomic mass is 16.4. The van der Waals surface area contributed by atoms with Gasteiger partial charge in [0, 0.05) is 26.2 Å².